The molecule has 25 heavy (non-hydrogen) atoms. The first-order chi connectivity index (χ1) is 11.8. The summed E-state index contributed by atoms with van der Waals surface area (Å²) in [6.45, 7) is 5.65. The van der Waals surface area contributed by atoms with Crippen molar-refractivity contribution in [2.75, 3.05) is 18.0 Å². The van der Waals surface area contributed by atoms with Crippen LogP contribution in [-0.4, -0.2) is 41.5 Å². The maximum absolute atomic E-state index is 12.2. The maximum atomic E-state index is 12.2. The molecule has 1 aromatic heterocycles. The fourth-order valence-corrected chi connectivity index (χ4v) is 4.02. The van der Waals surface area contributed by atoms with Crippen molar-refractivity contribution in [2.45, 2.75) is 58.1 Å². The number of aromatic amines is 1. The number of carbonyl (C=O) groups excluding carboxylic acids is 1. The number of hydrogen-bond donors (Lipinski definition) is 2. The zero-order valence-electron chi connectivity index (χ0n) is 14.7. The largest absolute Gasteiger partial charge is 0.444 e. The van der Waals surface area contributed by atoms with Gasteiger partial charge in [0.15, 0.2) is 0 Å². The van der Waals surface area contributed by atoms with Crippen molar-refractivity contribution >= 4 is 23.4 Å². The monoisotopic (exact) mass is 368 g/mol. The average molecular weight is 369 g/mol. The number of hydrogen-bond acceptors (Lipinski definition) is 5. The highest BCUT2D eigenvalue weighted by molar-refractivity contribution is 6.33. The predicted octanol–water partition coefficient (Wildman–Crippen LogP) is 2.70. The Morgan fingerprint density at radius 2 is 2.28 bits per heavy atom. The highest BCUT2D eigenvalue weighted by Crippen LogP contribution is 2.35. The Bertz CT molecular complexity index is 691. The lowest BCUT2D eigenvalue weighted by Crippen LogP contribution is -2.42. The smallest absolute Gasteiger partial charge is 0.407 e. The van der Waals surface area contributed by atoms with Gasteiger partial charge in [0.05, 0.1) is 18.4 Å². The summed E-state index contributed by atoms with van der Waals surface area (Å²) in [4.78, 5) is 25.7. The quantitative estimate of drug-likeness (QED) is 0.856. The minimum atomic E-state index is -0.416. The summed E-state index contributed by atoms with van der Waals surface area (Å²) in [6.07, 6.45) is 5.96. The van der Waals surface area contributed by atoms with E-state index in [1.54, 1.807) is 0 Å². The molecule has 2 N–H and O–H groups in total. The van der Waals surface area contributed by atoms with E-state index < -0.39 is 5.56 Å². The van der Waals surface area contributed by atoms with Crippen LogP contribution in [0, 0.1) is 5.41 Å². The van der Waals surface area contributed by atoms with Crippen molar-refractivity contribution in [3.05, 3.63) is 21.6 Å². The lowest BCUT2D eigenvalue weighted by molar-refractivity contribution is 0.0974. The van der Waals surface area contributed by atoms with Crippen LogP contribution in [0.25, 0.3) is 0 Å². The van der Waals surface area contributed by atoms with E-state index in [1.165, 1.54) is 12.6 Å². The summed E-state index contributed by atoms with van der Waals surface area (Å²) in [7, 11) is 0. The first kappa shape index (κ1) is 18.0. The average Bonchev–Trinajstić information content (AvgIpc) is 2.97. The molecule has 2 heterocycles. The van der Waals surface area contributed by atoms with Crippen LogP contribution in [0.5, 0.6) is 0 Å². The van der Waals surface area contributed by atoms with Gasteiger partial charge in [0, 0.05) is 19.0 Å². The van der Waals surface area contributed by atoms with E-state index >= 15 is 0 Å². The molecule has 1 saturated carbocycles. The highest BCUT2D eigenvalue weighted by Gasteiger charge is 2.31. The summed E-state index contributed by atoms with van der Waals surface area (Å²) in [6, 6.07) is 0.181. The third kappa shape index (κ3) is 4.45. The third-order valence-electron chi connectivity index (χ3n) is 5.06. The first-order valence-corrected chi connectivity index (χ1v) is 9.17. The number of anilines is 1. The van der Waals surface area contributed by atoms with Crippen LogP contribution in [0.1, 0.15) is 46.0 Å². The summed E-state index contributed by atoms with van der Waals surface area (Å²) >= 11 is 6.04. The van der Waals surface area contributed by atoms with Crippen molar-refractivity contribution in [1.82, 2.24) is 15.5 Å². The van der Waals surface area contributed by atoms with Gasteiger partial charge in [0.25, 0.3) is 5.56 Å². The normalized spacial score (nSPS) is 25.6. The number of rotatable bonds is 3. The minimum Gasteiger partial charge on any atom is -0.444 e. The lowest BCUT2D eigenvalue weighted by atomic mass is 9.75. The molecule has 0 bridgehead atoms. The standard InChI is InChI=1S/C17H25ClN4O3/c1-17(2)6-3-4-11(8-17)20-16(24)25-12-5-7-22(10-12)13-9-19-21-15(23)14(13)18/h9,11-12H,3-8,10H2,1-2H3,(H,20,24)(H,21,23)/t11?,12-/m1/s1. The van der Waals surface area contributed by atoms with Crippen LogP contribution >= 0.6 is 11.6 Å². The van der Waals surface area contributed by atoms with Crippen LogP contribution in [-0.2, 0) is 4.74 Å². The van der Waals surface area contributed by atoms with E-state index in [2.05, 4.69) is 29.4 Å². The van der Waals surface area contributed by atoms with E-state index in [-0.39, 0.29) is 28.7 Å². The van der Waals surface area contributed by atoms with E-state index in [9.17, 15) is 9.59 Å². The third-order valence-corrected chi connectivity index (χ3v) is 5.43. The second kappa shape index (κ2) is 7.23. The Labute approximate surface area is 152 Å². The molecule has 1 unspecified atom stereocenters. The molecular weight excluding hydrogens is 344 g/mol. The predicted molar refractivity (Wildman–Crippen MR) is 96.1 cm³/mol. The SMILES string of the molecule is CC1(C)CCCC(NC(=O)O[C@@H]2CCN(c3cn[nH]c(=O)c3Cl)C2)C1. The number of H-pyrrole nitrogens is 1. The topological polar surface area (TPSA) is 87.3 Å². The van der Waals surface area contributed by atoms with Crippen molar-refractivity contribution in [1.29, 1.82) is 0 Å². The van der Waals surface area contributed by atoms with Crippen LogP contribution in [0.3, 0.4) is 0 Å². The molecule has 1 aliphatic heterocycles. The molecule has 2 atom stereocenters. The molecule has 2 fully saturated rings. The molecule has 1 amide bonds. The number of alkyl carbamates (subject to hydrolysis) is 1. The molecule has 3 rings (SSSR count). The Morgan fingerprint density at radius 1 is 1.48 bits per heavy atom. The molecule has 1 aliphatic carbocycles. The number of amides is 1. The first-order valence-electron chi connectivity index (χ1n) is 8.79. The van der Waals surface area contributed by atoms with Gasteiger partial charge in [-0.2, -0.15) is 5.10 Å². The molecule has 0 spiro atoms. The van der Waals surface area contributed by atoms with E-state index in [1.807, 2.05) is 4.90 Å². The highest BCUT2D eigenvalue weighted by atomic mass is 35.5. The van der Waals surface area contributed by atoms with Gasteiger partial charge in [-0.25, -0.2) is 9.89 Å². The van der Waals surface area contributed by atoms with Gasteiger partial charge in [-0.05, 0) is 24.7 Å². The summed E-state index contributed by atoms with van der Waals surface area (Å²) in [5, 5.41) is 9.20. The van der Waals surface area contributed by atoms with Crippen LogP contribution < -0.4 is 15.8 Å². The van der Waals surface area contributed by atoms with Gasteiger partial charge in [0.2, 0.25) is 0 Å². The molecule has 138 valence electrons. The summed E-state index contributed by atoms with van der Waals surface area (Å²) < 4.78 is 5.56. The number of nitrogens with zero attached hydrogens (tertiary/aromatic N) is 2. The fraction of sp³-hybridized carbons (Fsp3) is 0.706. The van der Waals surface area contributed by atoms with E-state index in [0.29, 0.717) is 25.2 Å². The van der Waals surface area contributed by atoms with Crippen molar-refractivity contribution in [3.8, 4) is 0 Å². The van der Waals surface area contributed by atoms with Gasteiger partial charge in [-0.1, -0.05) is 31.9 Å². The lowest BCUT2D eigenvalue weighted by Gasteiger charge is -2.35. The zero-order valence-corrected chi connectivity index (χ0v) is 15.4. The second-order valence-electron chi connectivity index (χ2n) is 7.76. The molecule has 0 aromatic carbocycles. The number of ether oxygens (including phenoxy) is 1. The van der Waals surface area contributed by atoms with Crippen molar-refractivity contribution < 1.29 is 9.53 Å². The molecule has 7 nitrogen and oxygen atoms in total. The molecule has 1 saturated heterocycles. The fourth-order valence-electron chi connectivity index (χ4n) is 3.81. The van der Waals surface area contributed by atoms with Gasteiger partial charge in [0.1, 0.15) is 11.1 Å². The van der Waals surface area contributed by atoms with Gasteiger partial charge >= 0.3 is 6.09 Å². The van der Waals surface area contributed by atoms with Crippen molar-refractivity contribution in [2.24, 2.45) is 5.41 Å². The Balaban J connectivity index is 1.52. The van der Waals surface area contributed by atoms with Crippen LogP contribution in [0.2, 0.25) is 5.02 Å². The number of aromatic nitrogens is 2. The Morgan fingerprint density at radius 3 is 3.04 bits per heavy atom. The van der Waals surface area contributed by atoms with Crippen LogP contribution in [0.4, 0.5) is 10.5 Å². The molecular formula is C17H25ClN4O3. The molecule has 0 radical (unpaired) electrons. The zero-order chi connectivity index (χ0) is 18.0. The van der Waals surface area contributed by atoms with Gasteiger partial charge in [-0.3, -0.25) is 4.79 Å². The van der Waals surface area contributed by atoms with E-state index in [4.69, 9.17) is 16.3 Å². The number of carbonyl (C=O) groups is 1. The Hall–Kier alpha value is -1.76. The van der Waals surface area contributed by atoms with E-state index in [0.717, 1.165) is 19.3 Å². The van der Waals surface area contributed by atoms with Gasteiger partial charge in [-0.15, -0.1) is 0 Å². The number of nitrogens with one attached hydrogen (secondary N) is 2. The number of halogens is 1. The Kier molecular flexibility index (Phi) is 5.22. The van der Waals surface area contributed by atoms with Gasteiger partial charge < -0.3 is 15.0 Å². The molecule has 1 aromatic rings. The van der Waals surface area contributed by atoms with Crippen LogP contribution in [0.15, 0.2) is 11.0 Å². The molecule has 2 aliphatic rings. The summed E-state index contributed by atoms with van der Waals surface area (Å²) in [5.74, 6) is 0. The maximum Gasteiger partial charge on any atom is 0.407 e. The second-order valence-corrected chi connectivity index (χ2v) is 8.14. The summed E-state index contributed by atoms with van der Waals surface area (Å²) in [5.41, 5.74) is 0.428. The minimum absolute atomic E-state index is 0.115. The molecule has 8 heteroatoms. The van der Waals surface area contributed by atoms with Crippen molar-refractivity contribution in [3.63, 3.8) is 0 Å².